The van der Waals surface area contributed by atoms with Crippen LogP contribution in [0.15, 0.2) is 5.51 Å². The molecule has 1 heterocycles. The fourth-order valence-electron chi connectivity index (χ4n) is 2.73. The van der Waals surface area contributed by atoms with Crippen LogP contribution in [0.1, 0.15) is 56.0 Å². The summed E-state index contributed by atoms with van der Waals surface area (Å²) in [5.41, 5.74) is 3.14. The summed E-state index contributed by atoms with van der Waals surface area (Å²) >= 11 is 1.77. The monoisotopic (exact) mass is 252 g/mol. The van der Waals surface area contributed by atoms with E-state index >= 15 is 0 Å². The van der Waals surface area contributed by atoms with E-state index in [9.17, 15) is 0 Å². The zero-order valence-electron chi connectivity index (χ0n) is 11.0. The van der Waals surface area contributed by atoms with Crippen molar-refractivity contribution in [1.29, 1.82) is 0 Å². The highest BCUT2D eigenvalue weighted by molar-refractivity contribution is 7.09. The first-order valence-electron chi connectivity index (χ1n) is 6.89. The number of hydrogen-bond donors (Lipinski definition) is 1. The van der Waals surface area contributed by atoms with Crippen molar-refractivity contribution in [2.24, 2.45) is 5.92 Å². The first-order chi connectivity index (χ1) is 8.27. The molecule has 2 rings (SSSR count). The van der Waals surface area contributed by atoms with Gasteiger partial charge in [0.05, 0.1) is 11.2 Å². The fraction of sp³-hybridized carbons (Fsp3) is 0.786. The van der Waals surface area contributed by atoms with Gasteiger partial charge in [0.2, 0.25) is 0 Å². The third-order valence-corrected chi connectivity index (χ3v) is 4.97. The number of hydrogen-bond acceptors (Lipinski definition) is 3. The minimum atomic E-state index is 0.648. The van der Waals surface area contributed by atoms with Crippen molar-refractivity contribution in [1.82, 2.24) is 10.3 Å². The van der Waals surface area contributed by atoms with Gasteiger partial charge in [-0.3, -0.25) is 0 Å². The molecule has 0 amide bonds. The molecule has 1 saturated carbocycles. The largest absolute Gasteiger partial charge is 0.309 e. The molecule has 2 nitrogen and oxygen atoms in total. The molecule has 1 N–H and O–H groups in total. The molecule has 0 unspecified atom stereocenters. The maximum Gasteiger partial charge on any atom is 0.0798 e. The maximum atomic E-state index is 4.30. The van der Waals surface area contributed by atoms with Gasteiger partial charge in [0.25, 0.3) is 0 Å². The normalized spacial score (nSPS) is 20.1. The van der Waals surface area contributed by atoms with Crippen LogP contribution >= 0.6 is 11.3 Å². The molecular weight excluding hydrogens is 228 g/mol. The van der Waals surface area contributed by atoms with Gasteiger partial charge in [-0.15, -0.1) is 11.3 Å². The maximum absolute atomic E-state index is 4.30. The van der Waals surface area contributed by atoms with Crippen LogP contribution in [0, 0.1) is 12.8 Å². The van der Waals surface area contributed by atoms with E-state index in [-0.39, 0.29) is 0 Å². The predicted octanol–water partition coefficient (Wildman–Crippen LogP) is 3.90. The summed E-state index contributed by atoms with van der Waals surface area (Å²) < 4.78 is 0. The molecule has 1 aromatic rings. The molecule has 17 heavy (non-hydrogen) atoms. The van der Waals surface area contributed by atoms with Crippen LogP contribution in [0.3, 0.4) is 0 Å². The Kier molecular flexibility index (Phi) is 4.99. The average Bonchev–Trinajstić information content (AvgIpc) is 2.58. The van der Waals surface area contributed by atoms with Crippen LogP contribution < -0.4 is 5.32 Å². The lowest BCUT2D eigenvalue weighted by atomic mass is 9.93. The minimum Gasteiger partial charge on any atom is -0.309 e. The highest BCUT2D eigenvalue weighted by Gasteiger charge is 2.18. The molecule has 0 aliphatic heterocycles. The number of nitrogens with one attached hydrogen (secondary N) is 1. The van der Waals surface area contributed by atoms with Gasteiger partial charge in [-0.2, -0.15) is 0 Å². The first kappa shape index (κ1) is 13.0. The van der Waals surface area contributed by atoms with Crippen LogP contribution in [0.25, 0.3) is 0 Å². The van der Waals surface area contributed by atoms with E-state index in [1.807, 2.05) is 5.51 Å². The Morgan fingerprint density at radius 2 is 2.06 bits per heavy atom. The molecule has 1 aromatic heterocycles. The summed E-state index contributed by atoms with van der Waals surface area (Å²) in [5.74, 6) is 0.880. The molecular formula is C14H24N2S. The summed E-state index contributed by atoms with van der Waals surface area (Å²) in [4.78, 5) is 5.69. The van der Waals surface area contributed by atoms with E-state index in [1.165, 1.54) is 49.1 Å². The van der Waals surface area contributed by atoms with E-state index in [0.717, 1.165) is 12.5 Å². The van der Waals surface area contributed by atoms with Gasteiger partial charge in [-0.25, -0.2) is 4.98 Å². The second kappa shape index (κ2) is 6.50. The molecule has 1 aliphatic carbocycles. The molecule has 1 atom stereocenters. The summed E-state index contributed by atoms with van der Waals surface area (Å²) in [6.07, 6.45) is 8.56. The Balaban J connectivity index is 1.80. The number of rotatable bonds is 4. The number of thiazole rings is 1. The smallest absolute Gasteiger partial charge is 0.0798 e. The highest BCUT2D eigenvalue weighted by Crippen LogP contribution is 2.25. The zero-order chi connectivity index (χ0) is 12.1. The second-order valence-corrected chi connectivity index (χ2v) is 6.22. The molecule has 1 aliphatic rings. The minimum absolute atomic E-state index is 0.648. The van der Waals surface area contributed by atoms with Crippen LogP contribution in [0.2, 0.25) is 0 Å². The third kappa shape index (κ3) is 3.78. The number of nitrogens with zero attached hydrogens (tertiary/aromatic N) is 1. The lowest BCUT2D eigenvalue weighted by Crippen LogP contribution is -2.32. The van der Waals surface area contributed by atoms with Crippen molar-refractivity contribution in [3.8, 4) is 0 Å². The Bertz CT molecular complexity index is 327. The quantitative estimate of drug-likeness (QED) is 0.822. The Morgan fingerprint density at radius 1 is 1.35 bits per heavy atom. The summed E-state index contributed by atoms with van der Waals surface area (Å²) in [6, 6.07) is 0.648. The lowest BCUT2D eigenvalue weighted by Gasteiger charge is -2.23. The molecule has 0 radical (unpaired) electrons. The summed E-state index contributed by atoms with van der Waals surface area (Å²) in [6.45, 7) is 5.45. The van der Waals surface area contributed by atoms with E-state index < -0.39 is 0 Å². The van der Waals surface area contributed by atoms with Crippen LogP contribution in [0.5, 0.6) is 0 Å². The van der Waals surface area contributed by atoms with Gasteiger partial charge in [0.1, 0.15) is 0 Å². The molecule has 0 bridgehead atoms. The van der Waals surface area contributed by atoms with E-state index in [4.69, 9.17) is 0 Å². The van der Waals surface area contributed by atoms with Gasteiger partial charge in [-0.1, -0.05) is 25.7 Å². The van der Waals surface area contributed by atoms with Gasteiger partial charge < -0.3 is 5.32 Å². The molecule has 1 fully saturated rings. The summed E-state index contributed by atoms with van der Waals surface area (Å²) in [5, 5.41) is 3.69. The van der Waals surface area contributed by atoms with E-state index in [1.54, 1.807) is 11.3 Å². The van der Waals surface area contributed by atoms with Gasteiger partial charge in [0.15, 0.2) is 0 Å². The SMILES string of the molecule is Cc1ncsc1CN[C@H](C)C1CCCCCC1. The van der Waals surface area contributed by atoms with Gasteiger partial charge >= 0.3 is 0 Å². The van der Waals surface area contributed by atoms with Gasteiger partial charge in [-0.05, 0) is 32.6 Å². The Morgan fingerprint density at radius 3 is 2.65 bits per heavy atom. The Labute approximate surface area is 109 Å². The van der Waals surface area contributed by atoms with Crippen molar-refractivity contribution in [3.63, 3.8) is 0 Å². The van der Waals surface area contributed by atoms with Crippen molar-refractivity contribution in [3.05, 3.63) is 16.1 Å². The van der Waals surface area contributed by atoms with Crippen LogP contribution in [-0.2, 0) is 6.54 Å². The third-order valence-electron chi connectivity index (χ3n) is 4.04. The van der Waals surface area contributed by atoms with Crippen molar-refractivity contribution >= 4 is 11.3 Å². The Hall–Kier alpha value is -0.410. The van der Waals surface area contributed by atoms with Crippen molar-refractivity contribution in [2.45, 2.75) is 65.0 Å². The molecule has 0 aromatic carbocycles. The molecule has 96 valence electrons. The van der Waals surface area contributed by atoms with E-state index in [2.05, 4.69) is 24.1 Å². The van der Waals surface area contributed by atoms with E-state index in [0.29, 0.717) is 6.04 Å². The van der Waals surface area contributed by atoms with Crippen molar-refractivity contribution in [2.75, 3.05) is 0 Å². The molecule has 0 saturated heterocycles. The molecule has 3 heteroatoms. The van der Waals surface area contributed by atoms with Gasteiger partial charge in [0, 0.05) is 17.5 Å². The van der Waals surface area contributed by atoms with Crippen molar-refractivity contribution < 1.29 is 0 Å². The number of aryl methyl sites for hydroxylation is 1. The van der Waals surface area contributed by atoms with Crippen LogP contribution in [0.4, 0.5) is 0 Å². The predicted molar refractivity (Wildman–Crippen MR) is 74.3 cm³/mol. The number of aromatic nitrogens is 1. The standard InChI is InChI=1S/C14H24N2S/c1-11(13-7-5-3-4-6-8-13)15-9-14-12(2)16-10-17-14/h10-11,13,15H,3-9H2,1-2H3/t11-/m1/s1. The highest BCUT2D eigenvalue weighted by atomic mass is 32.1. The first-order valence-corrected chi connectivity index (χ1v) is 7.77. The summed E-state index contributed by atoms with van der Waals surface area (Å²) in [7, 11) is 0. The average molecular weight is 252 g/mol. The topological polar surface area (TPSA) is 24.9 Å². The molecule has 0 spiro atoms. The second-order valence-electron chi connectivity index (χ2n) is 5.28. The van der Waals surface area contributed by atoms with Crippen LogP contribution in [-0.4, -0.2) is 11.0 Å². The zero-order valence-corrected chi connectivity index (χ0v) is 11.9. The fourth-order valence-corrected chi connectivity index (χ4v) is 3.46. The lowest BCUT2D eigenvalue weighted by molar-refractivity contribution is 0.337.